The van der Waals surface area contributed by atoms with E-state index in [4.69, 9.17) is 17.3 Å². The first-order chi connectivity index (χ1) is 12.7. The van der Waals surface area contributed by atoms with Crippen molar-refractivity contribution in [3.63, 3.8) is 0 Å². The maximum Gasteiger partial charge on any atom is 0.274 e. The van der Waals surface area contributed by atoms with Crippen molar-refractivity contribution in [2.45, 2.75) is 18.9 Å². The summed E-state index contributed by atoms with van der Waals surface area (Å²) < 4.78 is 14.5. The first-order valence-corrected chi connectivity index (χ1v) is 8.42. The fourth-order valence-electron chi connectivity index (χ4n) is 2.78. The summed E-state index contributed by atoms with van der Waals surface area (Å²) in [7, 11) is 1.51. The number of hydrogen-bond acceptors (Lipinski definition) is 5. The number of carbonyl (C=O) groups is 2. The number of aromatic nitrogens is 1. The number of rotatable bonds is 3. The minimum atomic E-state index is -1.17. The van der Waals surface area contributed by atoms with E-state index in [-0.39, 0.29) is 29.5 Å². The lowest BCUT2D eigenvalue weighted by atomic mass is 9.87. The van der Waals surface area contributed by atoms with Crippen molar-refractivity contribution < 1.29 is 14.0 Å². The van der Waals surface area contributed by atoms with Crippen LogP contribution in [0.25, 0.3) is 0 Å². The first-order valence-electron chi connectivity index (χ1n) is 8.04. The van der Waals surface area contributed by atoms with E-state index in [1.807, 2.05) is 0 Å². The summed E-state index contributed by atoms with van der Waals surface area (Å²) in [5.41, 5.74) is 5.28. The molecule has 3 N–H and O–H groups in total. The molecule has 2 aromatic rings. The van der Waals surface area contributed by atoms with Crippen LogP contribution >= 0.6 is 11.6 Å². The molecule has 0 saturated heterocycles. The smallest absolute Gasteiger partial charge is 0.274 e. The van der Waals surface area contributed by atoms with E-state index >= 15 is 0 Å². The van der Waals surface area contributed by atoms with Gasteiger partial charge in [0.2, 0.25) is 5.91 Å². The normalized spacial score (nSPS) is 19.6. The number of anilines is 1. The fourth-order valence-corrected chi connectivity index (χ4v) is 2.90. The number of guanidine groups is 1. The molecule has 2 heterocycles. The van der Waals surface area contributed by atoms with Gasteiger partial charge >= 0.3 is 0 Å². The molecule has 3 rings (SSSR count). The highest BCUT2D eigenvalue weighted by Gasteiger charge is 2.38. The Morgan fingerprint density at radius 2 is 2.11 bits per heavy atom. The largest absolute Gasteiger partial charge is 0.369 e. The summed E-state index contributed by atoms with van der Waals surface area (Å²) in [6, 6.07) is 7.09. The molecule has 1 aliphatic heterocycles. The Bertz CT molecular complexity index is 947. The van der Waals surface area contributed by atoms with Gasteiger partial charge in [-0.15, -0.1) is 0 Å². The molecule has 0 spiro atoms. The van der Waals surface area contributed by atoms with E-state index < -0.39 is 17.3 Å². The second-order valence-electron chi connectivity index (χ2n) is 6.38. The summed E-state index contributed by atoms with van der Waals surface area (Å²) >= 11 is 5.76. The SMILES string of the molecule is CN1C(=O)CC(C)(c2cc(NC(=O)c3ccc(Cl)cn3)ccc2F)N=C1N. The van der Waals surface area contributed by atoms with Crippen molar-refractivity contribution in [2.75, 3.05) is 12.4 Å². The Balaban J connectivity index is 1.92. The molecule has 1 aromatic heterocycles. The van der Waals surface area contributed by atoms with Gasteiger partial charge in [-0.3, -0.25) is 14.5 Å². The Labute approximate surface area is 160 Å². The number of hydrogen-bond donors (Lipinski definition) is 2. The zero-order valence-electron chi connectivity index (χ0n) is 14.7. The van der Waals surface area contributed by atoms with E-state index in [1.54, 1.807) is 13.0 Å². The lowest BCUT2D eigenvalue weighted by molar-refractivity contribution is -0.128. The topological polar surface area (TPSA) is 101 Å². The predicted molar refractivity (Wildman–Crippen MR) is 100.0 cm³/mol. The number of benzene rings is 1. The van der Waals surface area contributed by atoms with E-state index in [0.29, 0.717) is 10.7 Å². The summed E-state index contributed by atoms with van der Waals surface area (Å²) in [6.45, 7) is 1.62. The van der Waals surface area contributed by atoms with Crippen LogP contribution in [0.3, 0.4) is 0 Å². The Morgan fingerprint density at radius 3 is 2.74 bits per heavy atom. The van der Waals surface area contributed by atoms with Crippen LogP contribution in [0.4, 0.5) is 10.1 Å². The van der Waals surface area contributed by atoms with Crippen LogP contribution in [0.15, 0.2) is 41.5 Å². The van der Waals surface area contributed by atoms with Crippen molar-refractivity contribution >= 4 is 35.1 Å². The molecule has 7 nitrogen and oxygen atoms in total. The molecule has 140 valence electrons. The third-order valence-corrected chi connectivity index (χ3v) is 4.56. The second kappa shape index (κ2) is 6.96. The molecule has 1 aromatic carbocycles. The summed E-state index contributed by atoms with van der Waals surface area (Å²) in [5, 5.41) is 3.05. The van der Waals surface area contributed by atoms with Gasteiger partial charge in [-0.05, 0) is 37.3 Å². The number of nitrogens with one attached hydrogen (secondary N) is 1. The van der Waals surface area contributed by atoms with Crippen molar-refractivity contribution in [2.24, 2.45) is 10.7 Å². The number of aliphatic imine (C=N–C) groups is 1. The van der Waals surface area contributed by atoms with Gasteiger partial charge in [0.1, 0.15) is 11.5 Å². The zero-order chi connectivity index (χ0) is 19.8. The highest BCUT2D eigenvalue weighted by molar-refractivity contribution is 6.30. The van der Waals surface area contributed by atoms with Crippen LogP contribution in [0.2, 0.25) is 5.02 Å². The van der Waals surface area contributed by atoms with Crippen LogP contribution < -0.4 is 11.1 Å². The first kappa shape index (κ1) is 18.8. The third-order valence-electron chi connectivity index (χ3n) is 4.34. The molecule has 0 aliphatic carbocycles. The number of nitrogens with two attached hydrogens (primary N) is 1. The van der Waals surface area contributed by atoms with Gasteiger partial charge in [0.25, 0.3) is 5.91 Å². The Hall–Kier alpha value is -3.00. The van der Waals surface area contributed by atoms with Gasteiger partial charge in [-0.25, -0.2) is 14.4 Å². The minimum absolute atomic E-state index is 0.00736. The highest BCUT2D eigenvalue weighted by atomic mass is 35.5. The molecule has 1 aliphatic rings. The molecule has 0 saturated carbocycles. The van der Waals surface area contributed by atoms with Crippen LogP contribution in [-0.4, -0.2) is 34.7 Å². The van der Waals surface area contributed by atoms with Crippen molar-refractivity contribution in [1.82, 2.24) is 9.88 Å². The van der Waals surface area contributed by atoms with Crippen LogP contribution in [0.5, 0.6) is 0 Å². The Morgan fingerprint density at radius 1 is 1.37 bits per heavy atom. The standard InChI is InChI=1S/C18H17ClFN5O2/c1-18(8-15(26)25(2)17(21)24-18)12-7-11(4-5-13(12)20)23-16(27)14-6-3-10(19)9-22-14/h3-7,9H,8H2,1-2H3,(H2,21,24)(H,23,27). The van der Waals surface area contributed by atoms with Crippen LogP contribution in [0, 0.1) is 5.82 Å². The van der Waals surface area contributed by atoms with Gasteiger partial charge in [-0.2, -0.15) is 0 Å². The summed E-state index contributed by atoms with van der Waals surface area (Å²) in [4.78, 5) is 33.9. The number of nitrogens with zero attached hydrogens (tertiary/aromatic N) is 3. The van der Waals surface area contributed by atoms with Gasteiger partial charge in [0, 0.05) is 24.5 Å². The molecule has 2 amide bonds. The van der Waals surface area contributed by atoms with Crippen LogP contribution in [0.1, 0.15) is 29.4 Å². The lowest BCUT2D eigenvalue weighted by Crippen LogP contribution is -2.47. The molecular weight excluding hydrogens is 373 g/mol. The van der Waals surface area contributed by atoms with Crippen molar-refractivity contribution in [3.05, 3.63) is 58.6 Å². The van der Waals surface area contributed by atoms with Crippen molar-refractivity contribution in [3.8, 4) is 0 Å². The molecule has 0 bridgehead atoms. The lowest BCUT2D eigenvalue weighted by Gasteiger charge is -2.34. The number of halogens is 2. The Kier molecular flexibility index (Phi) is 4.84. The van der Waals surface area contributed by atoms with E-state index in [0.717, 1.165) is 0 Å². The number of pyridine rings is 1. The summed E-state index contributed by atoms with van der Waals surface area (Å²) in [5.74, 6) is -1.29. The van der Waals surface area contributed by atoms with E-state index in [2.05, 4.69) is 15.3 Å². The molecule has 9 heteroatoms. The average Bonchev–Trinajstić information content (AvgIpc) is 2.61. The third kappa shape index (κ3) is 3.75. The quantitative estimate of drug-likeness (QED) is 0.842. The maximum atomic E-state index is 14.5. The van der Waals surface area contributed by atoms with Gasteiger partial charge in [0.15, 0.2) is 5.96 Å². The number of carbonyl (C=O) groups excluding carboxylic acids is 2. The molecular formula is C18H17ClFN5O2. The molecule has 0 radical (unpaired) electrons. The molecule has 1 atom stereocenters. The average molecular weight is 390 g/mol. The molecule has 1 unspecified atom stereocenters. The van der Waals surface area contributed by atoms with Gasteiger partial charge < -0.3 is 11.1 Å². The second-order valence-corrected chi connectivity index (χ2v) is 6.82. The highest BCUT2D eigenvalue weighted by Crippen LogP contribution is 2.35. The minimum Gasteiger partial charge on any atom is -0.369 e. The van der Waals surface area contributed by atoms with Crippen LogP contribution in [-0.2, 0) is 10.3 Å². The van der Waals surface area contributed by atoms with E-state index in [1.165, 1.54) is 42.4 Å². The zero-order valence-corrected chi connectivity index (χ0v) is 15.4. The van der Waals surface area contributed by atoms with Gasteiger partial charge in [0.05, 0.1) is 17.0 Å². The molecule has 27 heavy (non-hydrogen) atoms. The maximum absolute atomic E-state index is 14.5. The van der Waals surface area contributed by atoms with Crippen molar-refractivity contribution in [1.29, 1.82) is 0 Å². The van der Waals surface area contributed by atoms with Gasteiger partial charge in [-0.1, -0.05) is 11.6 Å². The fraction of sp³-hybridized carbons (Fsp3) is 0.222. The van der Waals surface area contributed by atoms with E-state index in [9.17, 15) is 14.0 Å². The molecule has 0 fully saturated rings. The number of amides is 2. The predicted octanol–water partition coefficient (Wildman–Crippen LogP) is 2.52. The summed E-state index contributed by atoms with van der Waals surface area (Å²) in [6.07, 6.45) is 1.31. The monoisotopic (exact) mass is 389 g/mol.